The van der Waals surface area contributed by atoms with Gasteiger partial charge in [0.05, 0.1) is 16.8 Å². The molecule has 2 aromatic carbocycles. The van der Waals surface area contributed by atoms with Gasteiger partial charge in [-0.1, -0.05) is 12.1 Å². The van der Waals surface area contributed by atoms with Crippen molar-refractivity contribution in [1.82, 2.24) is 9.88 Å². The summed E-state index contributed by atoms with van der Waals surface area (Å²) in [7, 11) is 1.53. The van der Waals surface area contributed by atoms with Gasteiger partial charge < -0.3 is 19.5 Å². The van der Waals surface area contributed by atoms with Crippen molar-refractivity contribution in [2.45, 2.75) is 26.0 Å². The van der Waals surface area contributed by atoms with Crippen LogP contribution < -0.4 is 4.74 Å². The Hall–Kier alpha value is -2.64. The molecule has 0 radical (unpaired) electrons. The van der Waals surface area contributed by atoms with E-state index in [9.17, 15) is 9.90 Å². The lowest BCUT2D eigenvalue weighted by molar-refractivity contribution is -0.151. The number of hydrogen-bond acceptors (Lipinski definition) is 6. The molecule has 1 aromatic heterocycles. The third-order valence-corrected chi connectivity index (χ3v) is 6.05. The van der Waals surface area contributed by atoms with E-state index >= 15 is 0 Å². The van der Waals surface area contributed by atoms with Gasteiger partial charge in [0.1, 0.15) is 17.2 Å². The van der Waals surface area contributed by atoms with E-state index in [2.05, 4.69) is 4.98 Å². The number of para-hydroxylation sites is 1. The predicted octanol–water partition coefficient (Wildman–Crippen LogP) is 3.81. The van der Waals surface area contributed by atoms with Gasteiger partial charge in [0, 0.05) is 24.8 Å². The summed E-state index contributed by atoms with van der Waals surface area (Å²) in [4.78, 5) is 19.2. The van der Waals surface area contributed by atoms with E-state index < -0.39 is 5.60 Å². The van der Waals surface area contributed by atoms with Gasteiger partial charge in [-0.25, -0.2) is 4.98 Å². The van der Waals surface area contributed by atoms with Crippen LogP contribution in [0.4, 0.5) is 0 Å². The minimum absolute atomic E-state index is 0.0621. The Kier molecular flexibility index (Phi) is 4.72. The molecule has 0 fully saturated rings. The summed E-state index contributed by atoms with van der Waals surface area (Å²) < 4.78 is 12.2. The average Bonchev–Trinajstić information content (AvgIpc) is 3.00. The molecule has 3 aromatic rings. The molecule has 0 aliphatic carbocycles. The molecule has 1 amide bonds. The molecule has 6 nitrogen and oxygen atoms in total. The van der Waals surface area contributed by atoms with E-state index in [1.165, 1.54) is 7.11 Å². The van der Waals surface area contributed by atoms with Crippen LogP contribution in [0.1, 0.15) is 19.4 Å². The third-order valence-electron chi connectivity index (χ3n) is 4.97. The highest BCUT2D eigenvalue weighted by molar-refractivity contribution is 7.21. The molecule has 7 heteroatoms. The number of fused-ring (bicyclic) bond motifs is 2. The number of hydrogen-bond donors (Lipinski definition) is 1. The Morgan fingerprint density at radius 3 is 2.86 bits per heavy atom. The number of aromatic hydroxyl groups is 1. The van der Waals surface area contributed by atoms with E-state index in [-0.39, 0.29) is 11.7 Å². The Balaban J connectivity index is 1.72. The number of rotatable bonds is 3. The molecule has 0 saturated heterocycles. The fraction of sp³-hybridized carbons (Fsp3) is 0.333. The first-order valence-electron chi connectivity index (χ1n) is 9.08. The van der Waals surface area contributed by atoms with Gasteiger partial charge >= 0.3 is 0 Å². The highest BCUT2D eigenvalue weighted by Gasteiger charge is 2.33. The van der Waals surface area contributed by atoms with E-state index in [1.54, 1.807) is 36.2 Å². The zero-order chi connectivity index (χ0) is 19.9. The van der Waals surface area contributed by atoms with Crippen LogP contribution in [0, 0.1) is 0 Å². The van der Waals surface area contributed by atoms with Crippen molar-refractivity contribution in [3.05, 3.63) is 42.0 Å². The van der Waals surface area contributed by atoms with Crippen molar-refractivity contribution in [2.75, 3.05) is 20.3 Å². The predicted molar refractivity (Wildman–Crippen MR) is 109 cm³/mol. The fourth-order valence-corrected chi connectivity index (χ4v) is 4.21. The number of nitrogens with zero attached hydrogens (tertiary/aromatic N) is 2. The molecule has 1 aliphatic rings. The van der Waals surface area contributed by atoms with Crippen molar-refractivity contribution in [3.63, 3.8) is 0 Å². The van der Waals surface area contributed by atoms with E-state index in [0.717, 1.165) is 26.4 Å². The van der Waals surface area contributed by atoms with Crippen molar-refractivity contribution >= 4 is 27.5 Å². The molecule has 2 heterocycles. The van der Waals surface area contributed by atoms with Gasteiger partial charge in [0.15, 0.2) is 11.5 Å². The summed E-state index contributed by atoms with van der Waals surface area (Å²) >= 11 is 1.57. The smallest absolute Gasteiger partial charge is 0.254 e. The summed E-state index contributed by atoms with van der Waals surface area (Å²) in [6, 6.07) is 11.5. The Bertz CT molecular complexity index is 1010. The summed E-state index contributed by atoms with van der Waals surface area (Å²) in [5.41, 5.74) is 1.57. The zero-order valence-electron chi connectivity index (χ0n) is 16.1. The first-order valence-corrected chi connectivity index (χ1v) is 9.90. The van der Waals surface area contributed by atoms with Crippen LogP contribution in [-0.4, -0.2) is 46.8 Å². The van der Waals surface area contributed by atoms with Crippen molar-refractivity contribution < 1.29 is 19.4 Å². The van der Waals surface area contributed by atoms with Crippen LogP contribution in [0.15, 0.2) is 36.4 Å². The Morgan fingerprint density at radius 2 is 2.11 bits per heavy atom. The monoisotopic (exact) mass is 398 g/mol. The minimum atomic E-state index is -0.919. The molecule has 0 unspecified atom stereocenters. The van der Waals surface area contributed by atoms with Crippen LogP contribution in [0.3, 0.4) is 0 Å². The maximum Gasteiger partial charge on any atom is 0.254 e. The summed E-state index contributed by atoms with van der Waals surface area (Å²) in [5.74, 6) is 0.374. The molecular weight excluding hydrogens is 376 g/mol. The van der Waals surface area contributed by atoms with Gasteiger partial charge in [-0.2, -0.15) is 0 Å². The number of methoxy groups -OCH3 is 1. The van der Waals surface area contributed by atoms with Gasteiger partial charge in [0.25, 0.3) is 5.91 Å². The standard InChI is InChI=1S/C21H22N2O4S/c1-21(2,26-3)20(25)23-8-9-27-18-14(12-23)10-13(11-16(18)24)19-22-15-6-4-5-7-17(15)28-19/h4-7,10-11,24H,8-9,12H2,1-3H3. The largest absolute Gasteiger partial charge is 0.504 e. The van der Waals surface area contributed by atoms with E-state index in [4.69, 9.17) is 9.47 Å². The Labute approximate surface area is 167 Å². The molecule has 0 bridgehead atoms. The number of phenolic OH excluding ortho intramolecular Hbond substituents is 1. The number of carbonyl (C=O) groups is 1. The number of phenols is 1. The van der Waals surface area contributed by atoms with Crippen LogP contribution >= 0.6 is 11.3 Å². The second-order valence-electron chi connectivity index (χ2n) is 7.26. The lowest BCUT2D eigenvalue weighted by Crippen LogP contribution is -2.46. The van der Waals surface area contributed by atoms with E-state index in [0.29, 0.717) is 25.4 Å². The number of amides is 1. The summed E-state index contributed by atoms with van der Waals surface area (Å²) in [6.45, 7) is 4.57. The lowest BCUT2D eigenvalue weighted by atomic mass is 10.1. The van der Waals surface area contributed by atoms with E-state index in [1.807, 2.05) is 30.3 Å². The highest BCUT2D eigenvalue weighted by atomic mass is 32.1. The number of carbonyl (C=O) groups excluding carboxylic acids is 1. The minimum Gasteiger partial charge on any atom is -0.504 e. The SMILES string of the molecule is COC(C)(C)C(=O)N1CCOc2c(O)cc(-c3nc4ccccc4s3)cc2C1. The van der Waals surface area contributed by atoms with Gasteiger partial charge in [-0.05, 0) is 38.1 Å². The lowest BCUT2D eigenvalue weighted by Gasteiger charge is -2.29. The first kappa shape index (κ1) is 18.7. The number of thiazole rings is 1. The number of benzene rings is 2. The molecule has 4 rings (SSSR count). The topological polar surface area (TPSA) is 71.9 Å². The maximum atomic E-state index is 12.8. The van der Waals surface area contributed by atoms with Crippen LogP contribution in [0.25, 0.3) is 20.8 Å². The molecular formula is C21H22N2O4S. The molecule has 0 atom stereocenters. The first-order chi connectivity index (χ1) is 13.4. The summed E-state index contributed by atoms with van der Waals surface area (Å²) in [5, 5.41) is 11.4. The second-order valence-corrected chi connectivity index (χ2v) is 8.29. The number of ether oxygens (including phenoxy) is 2. The van der Waals surface area contributed by atoms with Crippen molar-refractivity contribution in [1.29, 1.82) is 0 Å². The quantitative estimate of drug-likeness (QED) is 0.726. The molecule has 1 N–H and O–H groups in total. The summed E-state index contributed by atoms with van der Waals surface area (Å²) in [6.07, 6.45) is 0. The van der Waals surface area contributed by atoms with Gasteiger partial charge in [0.2, 0.25) is 0 Å². The molecule has 0 spiro atoms. The fourth-order valence-electron chi connectivity index (χ4n) is 3.26. The molecule has 0 saturated carbocycles. The third kappa shape index (κ3) is 3.31. The van der Waals surface area contributed by atoms with Gasteiger partial charge in [-0.3, -0.25) is 4.79 Å². The maximum absolute atomic E-state index is 12.8. The highest BCUT2D eigenvalue weighted by Crippen LogP contribution is 2.39. The van der Waals surface area contributed by atoms with Crippen LogP contribution in [0.2, 0.25) is 0 Å². The second kappa shape index (κ2) is 7.07. The molecule has 28 heavy (non-hydrogen) atoms. The average molecular weight is 398 g/mol. The zero-order valence-corrected chi connectivity index (χ0v) is 16.9. The molecule has 1 aliphatic heterocycles. The van der Waals surface area contributed by atoms with Crippen molar-refractivity contribution in [3.8, 4) is 22.1 Å². The Morgan fingerprint density at radius 1 is 1.32 bits per heavy atom. The number of aromatic nitrogens is 1. The van der Waals surface area contributed by atoms with Crippen LogP contribution in [0.5, 0.6) is 11.5 Å². The molecule has 146 valence electrons. The normalized spacial score (nSPS) is 14.5. The van der Waals surface area contributed by atoms with Gasteiger partial charge in [-0.15, -0.1) is 11.3 Å². The van der Waals surface area contributed by atoms with Crippen LogP contribution in [-0.2, 0) is 16.1 Å². The van der Waals surface area contributed by atoms with Crippen molar-refractivity contribution in [2.24, 2.45) is 0 Å².